The maximum atomic E-state index is 13.4. The molecule has 0 aliphatic carbocycles. The Morgan fingerprint density at radius 2 is 2.25 bits per heavy atom. The van der Waals surface area contributed by atoms with E-state index in [0.29, 0.717) is 6.54 Å². The third-order valence-corrected chi connectivity index (χ3v) is 6.42. The van der Waals surface area contributed by atoms with Crippen LogP contribution in [0.1, 0.15) is 25.3 Å². The third-order valence-electron chi connectivity index (χ3n) is 3.48. The van der Waals surface area contributed by atoms with Crippen LogP contribution in [0.3, 0.4) is 0 Å². The van der Waals surface area contributed by atoms with Crippen LogP contribution in [0, 0.1) is 5.82 Å². The number of hydrogen-bond acceptors (Lipinski definition) is 4. The molecule has 0 spiro atoms. The van der Waals surface area contributed by atoms with Crippen molar-refractivity contribution in [2.24, 2.45) is 5.73 Å². The molecule has 0 saturated carbocycles. The largest absolute Gasteiger partial charge is 0.326 e. The van der Waals surface area contributed by atoms with Crippen LogP contribution in [0.15, 0.2) is 23.1 Å². The summed E-state index contributed by atoms with van der Waals surface area (Å²) in [6.45, 7) is 2.42. The van der Waals surface area contributed by atoms with Gasteiger partial charge in [0.15, 0.2) is 0 Å². The molecule has 1 aliphatic heterocycles. The molecule has 1 atom stereocenters. The predicted octanol–water partition coefficient (Wildman–Crippen LogP) is 1.85. The molecule has 1 aliphatic rings. The van der Waals surface area contributed by atoms with E-state index in [1.165, 1.54) is 12.1 Å². The molecule has 0 amide bonds. The van der Waals surface area contributed by atoms with Crippen molar-refractivity contribution in [1.82, 2.24) is 4.72 Å². The van der Waals surface area contributed by atoms with Crippen LogP contribution in [0.25, 0.3) is 0 Å². The van der Waals surface area contributed by atoms with Gasteiger partial charge in [0, 0.05) is 23.4 Å². The van der Waals surface area contributed by atoms with Gasteiger partial charge in [0.05, 0.1) is 4.90 Å². The highest BCUT2D eigenvalue weighted by Crippen LogP contribution is 2.37. The monoisotopic (exact) mass is 318 g/mol. The molecule has 1 aromatic carbocycles. The molecule has 2 rings (SSSR count). The van der Waals surface area contributed by atoms with Gasteiger partial charge in [-0.05, 0) is 43.7 Å². The van der Waals surface area contributed by atoms with Crippen molar-refractivity contribution in [1.29, 1.82) is 0 Å². The second-order valence-electron chi connectivity index (χ2n) is 5.18. The molecule has 1 saturated heterocycles. The lowest BCUT2D eigenvalue weighted by atomic mass is 10.1. The number of hydrogen-bond donors (Lipinski definition) is 2. The van der Waals surface area contributed by atoms with Gasteiger partial charge in [0.25, 0.3) is 0 Å². The number of thioether (sulfide) groups is 1. The minimum atomic E-state index is -3.62. The highest BCUT2D eigenvalue weighted by Gasteiger charge is 2.31. The standard InChI is InChI=1S/C13H19FN2O2S2/c1-13(5-2-6-19-13)9-16-20(17,18)11-3-4-12(14)10(7-11)8-15/h3-4,7,16H,2,5-6,8-9,15H2,1H3. The SMILES string of the molecule is CC1(CNS(=O)(=O)c2ccc(F)c(CN)c2)CCCS1. The zero-order valence-electron chi connectivity index (χ0n) is 11.4. The average molecular weight is 318 g/mol. The second-order valence-corrected chi connectivity index (χ2v) is 8.63. The number of rotatable bonds is 5. The van der Waals surface area contributed by atoms with E-state index in [1.54, 1.807) is 11.8 Å². The van der Waals surface area contributed by atoms with Gasteiger partial charge >= 0.3 is 0 Å². The summed E-state index contributed by atoms with van der Waals surface area (Å²) in [4.78, 5) is 0.0611. The van der Waals surface area contributed by atoms with E-state index in [1.807, 2.05) is 0 Å². The lowest BCUT2D eigenvalue weighted by molar-refractivity contribution is 0.551. The van der Waals surface area contributed by atoms with Gasteiger partial charge in [-0.25, -0.2) is 17.5 Å². The van der Waals surface area contributed by atoms with Crippen LogP contribution in [-0.4, -0.2) is 25.5 Å². The number of nitrogens with one attached hydrogen (secondary N) is 1. The summed E-state index contributed by atoms with van der Waals surface area (Å²) in [5, 5.41) is 0. The Kier molecular flexibility index (Phi) is 4.73. The van der Waals surface area contributed by atoms with E-state index in [-0.39, 0.29) is 21.8 Å². The van der Waals surface area contributed by atoms with Crippen LogP contribution in [0.2, 0.25) is 0 Å². The quantitative estimate of drug-likeness (QED) is 0.869. The Hall–Kier alpha value is -0.630. The molecule has 3 N–H and O–H groups in total. The number of halogens is 1. The van der Waals surface area contributed by atoms with Crippen LogP contribution in [-0.2, 0) is 16.6 Å². The summed E-state index contributed by atoms with van der Waals surface area (Å²) in [7, 11) is -3.62. The lowest BCUT2D eigenvalue weighted by Gasteiger charge is -2.22. The van der Waals surface area contributed by atoms with E-state index in [2.05, 4.69) is 11.6 Å². The first kappa shape index (κ1) is 15.8. The van der Waals surface area contributed by atoms with Crippen molar-refractivity contribution in [3.05, 3.63) is 29.6 Å². The maximum absolute atomic E-state index is 13.4. The lowest BCUT2D eigenvalue weighted by Crippen LogP contribution is -2.36. The van der Waals surface area contributed by atoms with Gasteiger partial charge in [-0.1, -0.05) is 0 Å². The Morgan fingerprint density at radius 1 is 1.50 bits per heavy atom. The van der Waals surface area contributed by atoms with Crippen LogP contribution >= 0.6 is 11.8 Å². The van der Waals surface area contributed by atoms with Gasteiger partial charge in [-0.2, -0.15) is 11.8 Å². The van der Waals surface area contributed by atoms with Crippen molar-refractivity contribution < 1.29 is 12.8 Å². The molecule has 1 fully saturated rings. The first-order valence-electron chi connectivity index (χ1n) is 6.48. The van der Waals surface area contributed by atoms with Crippen LogP contribution < -0.4 is 10.5 Å². The fourth-order valence-corrected chi connectivity index (χ4v) is 4.74. The Bertz CT molecular complexity index is 584. The average Bonchev–Trinajstić information content (AvgIpc) is 2.85. The van der Waals surface area contributed by atoms with Gasteiger partial charge in [-0.3, -0.25) is 0 Å². The first-order valence-corrected chi connectivity index (χ1v) is 8.95. The van der Waals surface area contributed by atoms with E-state index in [4.69, 9.17) is 5.73 Å². The topological polar surface area (TPSA) is 72.2 Å². The smallest absolute Gasteiger partial charge is 0.240 e. The molecule has 112 valence electrons. The molecular weight excluding hydrogens is 299 g/mol. The van der Waals surface area contributed by atoms with E-state index >= 15 is 0 Å². The van der Waals surface area contributed by atoms with E-state index in [9.17, 15) is 12.8 Å². The Morgan fingerprint density at radius 3 is 2.85 bits per heavy atom. The third kappa shape index (κ3) is 3.52. The predicted molar refractivity (Wildman–Crippen MR) is 79.6 cm³/mol. The molecule has 20 heavy (non-hydrogen) atoms. The van der Waals surface area contributed by atoms with Gasteiger partial charge in [0.1, 0.15) is 5.82 Å². The fraction of sp³-hybridized carbons (Fsp3) is 0.538. The van der Waals surface area contributed by atoms with Crippen LogP contribution in [0.5, 0.6) is 0 Å². The molecule has 4 nitrogen and oxygen atoms in total. The summed E-state index contributed by atoms with van der Waals surface area (Å²) in [5.74, 6) is 0.580. The number of benzene rings is 1. The molecule has 0 radical (unpaired) electrons. The molecule has 0 aromatic heterocycles. The first-order chi connectivity index (χ1) is 9.36. The summed E-state index contributed by atoms with van der Waals surface area (Å²) in [6.07, 6.45) is 2.11. The summed E-state index contributed by atoms with van der Waals surface area (Å²) in [5.41, 5.74) is 5.60. The number of nitrogens with two attached hydrogens (primary N) is 1. The Labute approximate surface area is 123 Å². The highest BCUT2D eigenvalue weighted by molar-refractivity contribution is 8.01. The molecule has 1 unspecified atom stereocenters. The zero-order valence-corrected chi connectivity index (χ0v) is 13.0. The molecule has 7 heteroatoms. The number of sulfonamides is 1. The van der Waals surface area contributed by atoms with Crippen molar-refractivity contribution in [3.63, 3.8) is 0 Å². The van der Waals surface area contributed by atoms with Gasteiger partial charge in [-0.15, -0.1) is 0 Å². The molecular formula is C13H19FN2O2S2. The highest BCUT2D eigenvalue weighted by atomic mass is 32.2. The van der Waals surface area contributed by atoms with Gasteiger partial charge in [0.2, 0.25) is 10.0 Å². The summed E-state index contributed by atoms with van der Waals surface area (Å²) in [6, 6.07) is 3.70. The van der Waals surface area contributed by atoms with E-state index < -0.39 is 15.8 Å². The van der Waals surface area contributed by atoms with Crippen molar-refractivity contribution in [3.8, 4) is 0 Å². The van der Waals surface area contributed by atoms with Crippen molar-refractivity contribution in [2.45, 2.75) is 36.0 Å². The molecule has 0 bridgehead atoms. The van der Waals surface area contributed by atoms with Crippen LogP contribution in [0.4, 0.5) is 4.39 Å². The van der Waals surface area contributed by atoms with Crippen molar-refractivity contribution >= 4 is 21.8 Å². The van der Waals surface area contributed by atoms with Crippen molar-refractivity contribution in [2.75, 3.05) is 12.3 Å². The summed E-state index contributed by atoms with van der Waals surface area (Å²) >= 11 is 1.78. The second kappa shape index (κ2) is 6.01. The maximum Gasteiger partial charge on any atom is 0.240 e. The Balaban J connectivity index is 2.14. The normalized spacial score (nSPS) is 23.1. The van der Waals surface area contributed by atoms with Gasteiger partial charge < -0.3 is 5.73 Å². The fourth-order valence-electron chi connectivity index (χ4n) is 2.18. The molecule has 1 heterocycles. The van der Waals surface area contributed by atoms with E-state index in [0.717, 1.165) is 24.7 Å². The minimum Gasteiger partial charge on any atom is -0.326 e. The summed E-state index contributed by atoms with van der Waals surface area (Å²) < 4.78 is 40.4. The minimum absolute atomic E-state index is 0.0250. The zero-order chi connectivity index (χ0) is 14.8. The molecule has 1 aromatic rings.